The quantitative estimate of drug-likeness (QED) is 0.748. The maximum absolute atomic E-state index is 12.4. The number of benzene rings is 2. The Bertz CT molecular complexity index is 890. The highest BCUT2D eigenvalue weighted by atomic mass is 35.5. The normalized spacial score (nSPS) is 12.0. The largest absolute Gasteiger partial charge is 0.368 e. The number of primary amides is 1. The monoisotopic (exact) mass is 341 g/mol. The summed E-state index contributed by atoms with van der Waals surface area (Å²) in [5, 5.41) is 4.27. The second kappa shape index (κ2) is 6.76. The van der Waals surface area contributed by atoms with Crippen molar-refractivity contribution in [2.45, 2.75) is 12.6 Å². The van der Waals surface area contributed by atoms with Crippen molar-refractivity contribution < 1.29 is 9.59 Å². The van der Waals surface area contributed by atoms with Gasteiger partial charge in [-0.1, -0.05) is 48.0 Å². The fourth-order valence-corrected chi connectivity index (χ4v) is 2.79. The maximum Gasteiger partial charge on any atom is 0.244 e. The highest BCUT2D eigenvalue weighted by Gasteiger charge is 2.20. The van der Waals surface area contributed by atoms with E-state index in [1.54, 1.807) is 41.0 Å². The van der Waals surface area contributed by atoms with E-state index in [2.05, 4.69) is 5.32 Å². The van der Waals surface area contributed by atoms with Crippen LogP contribution in [-0.4, -0.2) is 16.4 Å². The lowest BCUT2D eigenvalue weighted by Gasteiger charge is -2.16. The van der Waals surface area contributed by atoms with Gasteiger partial charge in [-0.25, -0.2) is 0 Å². The van der Waals surface area contributed by atoms with Crippen LogP contribution < -0.4 is 11.1 Å². The maximum atomic E-state index is 12.4. The number of nitrogens with zero attached hydrogens (tertiary/aromatic N) is 1. The Kier molecular flexibility index (Phi) is 4.53. The van der Waals surface area contributed by atoms with E-state index < -0.39 is 11.9 Å². The van der Waals surface area contributed by atoms with Gasteiger partial charge in [-0.05, 0) is 29.1 Å². The van der Waals surface area contributed by atoms with Crippen molar-refractivity contribution in [3.8, 4) is 0 Å². The summed E-state index contributed by atoms with van der Waals surface area (Å²) in [4.78, 5) is 24.0. The second-order valence-electron chi connectivity index (χ2n) is 5.46. The van der Waals surface area contributed by atoms with E-state index in [-0.39, 0.29) is 12.5 Å². The number of nitrogens with two attached hydrogens (primary N) is 1. The van der Waals surface area contributed by atoms with Crippen molar-refractivity contribution in [3.63, 3.8) is 0 Å². The van der Waals surface area contributed by atoms with Crippen LogP contribution in [0.2, 0.25) is 5.02 Å². The number of hydrogen-bond acceptors (Lipinski definition) is 2. The molecule has 3 aromatic rings. The molecule has 0 aliphatic heterocycles. The third-order valence-corrected chi connectivity index (χ3v) is 4.01. The fraction of sp³-hybridized carbons (Fsp3) is 0.111. The number of halogens is 1. The molecule has 1 aromatic heterocycles. The lowest BCUT2D eigenvalue weighted by molar-refractivity contribution is -0.127. The summed E-state index contributed by atoms with van der Waals surface area (Å²) in [6.07, 6.45) is 1.81. The number of amides is 2. The molecule has 0 aliphatic rings. The van der Waals surface area contributed by atoms with Gasteiger partial charge in [-0.15, -0.1) is 0 Å². The summed E-state index contributed by atoms with van der Waals surface area (Å²) in [5.41, 5.74) is 6.93. The Balaban J connectivity index is 1.78. The molecule has 0 aliphatic carbocycles. The predicted molar refractivity (Wildman–Crippen MR) is 93.5 cm³/mol. The van der Waals surface area contributed by atoms with Crippen LogP contribution in [0.4, 0.5) is 0 Å². The van der Waals surface area contributed by atoms with Crippen LogP contribution in [0.5, 0.6) is 0 Å². The molecule has 2 aromatic carbocycles. The molecule has 0 radical (unpaired) electrons. The predicted octanol–water partition coefficient (Wildman–Crippen LogP) is 2.64. The van der Waals surface area contributed by atoms with Crippen molar-refractivity contribution in [2.75, 3.05) is 0 Å². The fourth-order valence-electron chi connectivity index (χ4n) is 2.62. The van der Waals surface area contributed by atoms with Crippen molar-refractivity contribution in [3.05, 3.63) is 71.4 Å². The zero-order valence-electron chi connectivity index (χ0n) is 12.8. The van der Waals surface area contributed by atoms with E-state index in [4.69, 9.17) is 17.3 Å². The van der Waals surface area contributed by atoms with Crippen LogP contribution in [0.25, 0.3) is 10.9 Å². The van der Waals surface area contributed by atoms with Gasteiger partial charge >= 0.3 is 0 Å². The van der Waals surface area contributed by atoms with Crippen molar-refractivity contribution in [1.82, 2.24) is 9.88 Å². The number of carbonyl (C=O) groups is 2. The standard InChI is InChI=1S/C18H16ClN3O2/c19-14-7-6-12-8-9-22(15(12)10-14)11-16(23)21-17(18(20)24)13-4-2-1-3-5-13/h1-10,17H,11H2,(H2,20,24)(H,21,23). The minimum atomic E-state index is -0.857. The van der Waals surface area contributed by atoms with Crippen LogP contribution >= 0.6 is 11.6 Å². The summed E-state index contributed by atoms with van der Waals surface area (Å²) < 4.78 is 1.78. The molecule has 3 rings (SSSR count). The molecule has 0 saturated carbocycles. The minimum Gasteiger partial charge on any atom is -0.368 e. The summed E-state index contributed by atoms with van der Waals surface area (Å²) in [7, 11) is 0. The van der Waals surface area contributed by atoms with E-state index in [1.165, 1.54) is 0 Å². The first-order valence-corrected chi connectivity index (χ1v) is 7.80. The SMILES string of the molecule is NC(=O)C(NC(=O)Cn1ccc2ccc(Cl)cc21)c1ccccc1. The van der Waals surface area contributed by atoms with Crippen LogP contribution in [-0.2, 0) is 16.1 Å². The third kappa shape index (κ3) is 3.41. The molecule has 1 heterocycles. The van der Waals surface area contributed by atoms with Crippen LogP contribution in [0, 0.1) is 0 Å². The summed E-state index contributed by atoms with van der Waals surface area (Å²) in [5.74, 6) is -0.907. The highest BCUT2D eigenvalue weighted by Crippen LogP contribution is 2.20. The molecule has 24 heavy (non-hydrogen) atoms. The van der Waals surface area contributed by atoms with Gasteiger partial charge in [0.25, 0.3) is 0 Å². The Hall–Kier alpha value is -2.79. The average Bonchev–Trinajstić information content (AvgIpc) is 2.95. The molecule has 2 amide bonds. The average molecular weight is 342 g/mol. The van der Waals surface area contributed by atoms with E-state index >= 15 is 0 Å². The van der Waals surface area contributed by atoms with Gasteiger partial charge in [-0.3, -0.25) is 9.59 Å². The molecule has 0 spiro atoms. The Morgan fingerprint density at radius 3 is 2.58 bits per heavy atom. The Labute approximate surface area is 144 Å². The summed E-state index contributed by atoms with van der Waals surface area (Å²) in [6, 6.07) is 15.4. The molecule has 6 heteroatoms. The molecule has 3 N–H and O–H groups in total. The molecule has 0 saturated heterocycles. The minimum absolute atomic E-state index is 0.0699. The Morgan fingerprint density at radius 2 is 1.88 bits per heavy atom. The highest BCUT2D eigenvalue weighted by molar-refractivity contribution is 6.31. The number of hydrogen-bond donors (Lipinski definition) is 2. The van der Waals surface area contributed by atoms with Gasteiger partial charge in [0.05, 0.1) is 0 Å². The summed E-state index contributed by atoms with van der Waals surface area (Å²) >= 11 is 6.01. The first kappa shape index (κ1) is 16.1. The number of nitrogens with one attached hydrogen (secondary N) is 1. The van der Waals surface area contributed by atoms with Crippen molar-refractivity contribution in [1.29, 1.82) is 0 Å². The molecular formula is C18H16ClN3O2. The molecular weight excluding hydrogens is 326 g/mol. The van der Waals surface area contributed by atoms with E-state index in [0.29, 0.717) is 10.6 Å². The van der Waals surface area contributed by atoms with Gasteiger partial charge in [0.15, 0.2) is 0 Å². The van der Waals surface area contributed by atoms with Gasteiger partial charge < -0.3 is 15.6 Å². The summed E-state index contributed by atoms with van der Waals surface area (Å²) in [6.45, 7) is 0.0699. The first-order valence-electron chi connectivity index (χ1n) is 7.42. The molecule has 0 fully saturated rings. The van der Waals surface area contributed by atoms with Gasteiger partial charge in [0.2, 0.25) is 11.8 Å². The zero-order chi connectivity index (χ0) is 17.1. The molecule has 0 bridgehead atoms. The smallest absolute Gasteiger partial charge is 0.244 e. The third-order valence-electron chi connectivity index (χ3n) is 3.77. The molecule has 5 nitrogen and oxygen atoms in total. The lowest BCUT2D eigenvalue weighted by atomic mass is 10.1. The van der Waals surface area contributed by atoms with Crippen molar-refractivity contribution >= 4 is 34.3 Å². The Morgan fingerprint density at radius 1 is 1.12 bits per heavy atom. The number of fused-ring (bicyclic) bond motifs is 1. The van der Waals surface area contributed by atoms with E-state index in [0.717, 1.165) is 10.9 Å². The van der Waals surface area contributed by atoms with E-state index in [9.17, 15) is 9.59 Å². The lowest BCUT2D eigenvalue weighted by Crippen LogP contribution is -2.39. The van der Waals surface area contributed by atoms with Crippen LogP contribution in [0.15, 0.2) is 60.8 Å². The topological polar surface area (TPSA) is 77.1 Å². The van der Waals surface area contributed by atoms with Crippen LogP contribution in [0.3, 0.4) is 0 Å². The van der Waals surface area contributed by atoms with E-state index in [1.807, 2.05) is 24.4 Å². The number of aromatic nitrogens is 1. The number of carbonyl (C=O) groups excluding carboxylic acids is 2. The van der Waals surface area contributed by atoms with Gasteiger partial charge in [0, 0.05) is 16.7 Å². The molecule has 122 valence electrons. The van der Waals surface area contributed by atoms with Crippen molar-refractivity contribution in [2.24, 2.45) is 5.73 Å². The number of rotatable bonds is 5. The molecule has 1 unspecified atom stereocenters. The second-order valence-corrected chi connectivity index (χ2v) is 5.90. The van der Waals surface area contributed by atoms with Gasteiger partial charge in [-0.2, -0.15) is 0 Å². The van der Waals surface area contributed by atoms with Gasteiger partial charge in [0.1, 0.15) is 12.6 Å². The molecule has 1 atom stereocenters. The zero-order valence-corrected chi connectivity index (χ0v) is 13.5. The van der Waals surface area contributed by atoms with Crippen LogP contribution in [0.1, 0.15) is 11.6 Å². The first-order chi connectivity index (χ1) is 11.5.